The molecule has 1 aliphatic carbocycles. The third-order valence-corrected chi connectivity index (χ3v) is 3.06. The summed E-state index contributed by atoms with van der Waals surface area (Å²) in [7, 11) is 0. The Hall–Kier alpha value is -2.82. The molecule has 91 valence electrons. The van der Waals surface area contributed by atoms with Crippen LogP contribution in [0.3, 0.4) is 0 Å². The molecule has 3 rings (SSSR count). The van der Waals surface area contributed by atoms with Crippen LogP contribution < -0.4 is 0 Å². The number of rotatable bonds is 1. The Bertz CT molecular complexity index is 749. The van der Waals surface area contributed by atoms with Crippen LogP contribution in [-0.2, 0) is 0 Å². The highest BCUT2D eigenvalue weighted by molar-refractivity contribution is 6.29. The molecule has 2 aromatic carbocycles. The summed E-state index contributed by atoms with van der Waals surface area (Å²) >= 11 is 0. The van der Waals surface area contributed by atoms with E-state index >= 15 is 0 Å². The third-order valence-electron chi connectivity index (χ3n) is 3.06. The van der Waals surface area contributed by atoms with Crippen molar-refractivity contribution in [1.82, 2.24) is 0 Å². The number of hydrogen-bond donors (Lipinski definition) is 0. The topological polar surface area (TPSA) is 77.3 Å². The van der Waals surface area contributed by atoms with Crippen LogP contribution in [0.15, 0.2) is 36.4 Å². The number of carbonyl (C=O) groups excluding carboxylic acids is 2. The molecule has 0 saturated carbocycles. The fourth-order valence-electron chi connectivity index (χ4n) is 2.22. The molecule has 0 heterocycles. The van der Waals surface area contributed by atoms with Gasteiger partial charge >= 0.3 is 0 Å². The molecular formula is C14H6NO4. The van der Waals surface area contributed by atoms with E-state index < -0.39 is 10.7 Å². The van der Waals surface area contributed by atoms with E-state index in [0.717, 1.165) is 0 Å². The predicted molar refractivity (Wildman–Crippen MR) is 65.2 cm³/mol. The molecule has 0 amide bonds. The largest absolute Gasteiger partial charge is 0.289 e. The Labute approximate surface area is 107 Å². The molecule has 0 fully saturated rings. The van der Waals surface area contributed by atoms with Gasteiger partial charge in [-0.05, 0) is 24.3 Å². The second-order valence-corrected chi connectivity index (χ2v) is 4.09. The number of ketones is 2. The first-order chi connectivity index (χ1) is 9.11. The molecule has 1 radical (unpaired) electrons. The number of benzene rings is 2. The van der Waals surface area contributed by atoms with Gasteiger partial charge in [0.25, 0.3) is 5.69 Å². The Morgan fingerprint density at radius 3 is 2.53 bits per heavy atom. The van der Waals surface area contributed by atoms with E-state index in [2.05, 4.69) is 6.07 Å². The standard InChI is InChI=1S/C14H6NO4/c16-13-8-4-1-2-5-9(8)14(17)12-10(13)6-3-7-11(12)15(18)19/h1,3-7H. The summed E-state index contributed by atoms with van der Waals surface area (Å²) < 4.78 is 0. The Kier molecular flexibility index (Phi) is 2.28. The van der Waals surface area contributed by atoms with Gasteiger partial charge in [0.15, 0.2) is 5.78 Å². The lowest BCUT2D eigenvalue weighted by Gasteiger charge is -2.16. The van der Waals surface area contributed by atoms with Crippen molar-refractivity contribution in [2.75, 3.05) is 0 Å². The first-order valence-electron chi connectivity index (χ1n) is 5.48. The van der Waals surface area contributed by atoms with E-state index in [1.807, 2.05) is 0 Å². The SMILES string of the molecule is O=C1c2cc[c]cc2C(=O)c2c1cccc2[N+](=O)[O-]. The minimum Gasteiger partial charge on any atom is -0.289 e. The van der Waals surface area contributed by atoms with Crippen molar-refractivity contribution >= 4 is 17.3 Å². The Morgan fingerprint density at radius 2 is 1.79 bits per heavy atom. The van der Waals surface area contributed by atoms with Gasteiger partial charge in [-0.3, -0.25) is 19.7 Å². The van der Waals surface area contributed by atoms with E-state index in [1.54, 1.807) is 0 Å². The highest BCUT2D eigenvalue weighted by Gasteiger charge is 2.34. The van der Waals surface area contributed by atoms with Crippen LogP contribution in [0.5, 0.6) is 0 Å². The van der Waals surface area contributed by atoms with Crippen LogP contribution in [0, 0.1) is 16.2 Å². The second kappa shape index (κ2) is 3.84. The van der Waals surface area contributed by atoms with Gasteiger partial charge in [-0.15, -0.1) is 0 Å². The molecule has 1 aliphatic rings. The van der Waals surface area contributed by atoms with E-state index in [4.69, 9.17) is 0 Å². The van der Waals surface area contributed by atoms with E-state index in [1.165, 1.54) is 36.4 Å². The molecule has 0 aliphatic heterocycles. The minimum absolute atomic E-state index is 0.0814. The summed E-state index contributed by atoms with van der Waals surface area (Å²) in [5.74, 6) is -0.879. The first-order valence-corrected chi connectivity index (χ1v) is 5.48. The van der Waals surface area contributed by atoms with Gasteiger partial charge < -0.3 is 0 Å². The van der Waals surface area contributed by atoms with E-state index in [9.17, 15) is 19.7 Å². The molecule has 19 heavy (non-hydrogen) atoms. The van der Waals surface area contributed by atoms with Crippen molar-refractivity contribution in [3.63, 3.8) is 0 Å². The van der Waals surface area contributed by atoms with Gasteiger partial charge in [-0.25, -0.2) is 0 Å². The summed E-state index contributed by atoms with van der Waals surface area (Å²) in [6, 6.07) is 11.2. The summed E-state index contributed by atoms with van der Waals surface area (Å²) in [5, 5.41) is 11.0. The van der Waals surface area contributed by atoms with Crippen molar-refractivity contribution in [2.45, 2.75) is 0 Å². The van der Waals surface area contributed by atoms with E-state index in [-0.39, 0.29) is 33.7 Å². The van der Waals surface area contributed by atoms with Crippen molar-refractivity contribution in [3.05, 3.63) is 74.8 Å². The van der Waals surface area contributed by atoms with Crippen LogP contribution in [0.2, 0.25) is 0 Å². The van der Waals surface area contributed by atoms with Gasteiger partial charge in [0.05, 0.1) is 4.92 Å². The lowest BCUT2D eigenvalue weighted by Crippen LogP contribution is -2.22. The third kappa shape index (κ3) is 1.48. The summed E-state index contributed by atoms with van der Waals surface area (Å²) in [4.78, 5) is 34.9. The number of carbonyl (C=O) groups is 2. The fraction of sp³-hybridized carbons (Fsp3) is 0. The van der Waals surface area contributed by atoms with Crippen LogP contribution in [0.25, 0.3) is 0 Å². The average molecular weight is 252 g/mol. The highest BCUT2D eigenvalue weighted by atomic mass is 16.6. The molecule has 5 nitrogen and oxygen atoms in total. The monoisotopic (exact) mass is 252 g/mol. The van der Waals surface area contributed by atoms with Crippen LogP contribution in [-0.4, -0.2) is 16.5 Å². The Balaban J connectivity index is 2.36. The van der Waals surface area contributed by atoms with Gasteiger partial charge in [0.1, 0.15) is 5.56 Å². The molecule has 0 N–H and O–H groups in total. The maximum atomic E-state index is 12.3. The first kappa shape index (κ1) is 11.3. The lowest BCUT2D eigenvalue weighted by molar-refractivity contribution is -0.385. The highest BCUT2D eigenvalue weighted by Crippen LogP contribution is 2.32. The maximum absolute atomic E-state index is 12.3. The van der Waals surface area contributed by atoms with Gasteiger partial charge in [0, 0.05) is 22.8 Å². The molecule has 0 atom stereocenters. The zero-order chi connectivity index (χ0) is 13.6. The number of nitrogens with zero attached hydrogens (tertiary/aromatic N) is 1. The van der Waals surface area contributed by atoms with Crippen LogP contribution in [0.4, 0.5) is 5.69 Å². The van der Waals surface area contributed by atoms with Crippen molar-refractivity contribution in [1.29, 1.82) is 0 Å². The number of fused-ring (bicyclic) bond motifs is 2. The van der Waals surface area contributed by atoms with Crippen molar-refractivity contribution < 1.29 is 14.5 Å². The van der Waals surface area contributed by atoms with Crippen molar-refractivity contribution in [3.8, 4) is 0 Å². The van der Waals surface area contributed by atoms with Crippen LogP contribution in [0.1, 0.15) is 31.8 Å². The van der Waals surface area contributed by atoms with E-state index in [0.29, 0.717) is 0 Å². The molecule has 0 spiro atoms. The van der Waals surface area contributed by atoms with Crippen LogP contribution >= 0.6 is 0 Å². The molecule has 0 unspecified atom stereocenters. The van der Waals surface area contributed by atoms with Crippen molar-refractivity contribution in [2.24, 2.45) is 0 Å². The average Bonchev–Trinajstić information content (AvgIpc) is 2.44. The smallest absolute Gasteiger partial charge is 0.281 e. The minimum atomic E-state index is -0.651. The number of nitro groups is 1. The predicted octanol–water partition coefficient (Wildman–Crippen LogP) is 2.17. The number of nitro benzene ring substituents is 1. The summed E-state index contributed by atoms with van der Waals surface area (Å²) in [6.45, 7) is 0. The molecule has 2 aromatic rings. The zero-order valence-corrected chi connectivity index (χ0v) is 9.54. The maximum Gasteiger partial charge on any atom is 0.281 e. The molecule has 5 heteroatoms. The Morgan fingerprint density at radius 1 is 1.00 bits per heavy atom. The second-order valence-electron chi connectivity index (χ2n) is 4.09. The lowest BCUT2D eigenvalue weighted by atomic mass is 9.83. The van der Waals surface area contributed by atoms with Gasteiger partial charge in [-0.1, -0.05) is 12.1 Å². The normalized spacial score (nSPS) is 12.8. The zero-order valence-electron chi connectivity index (χ0n) is 9.54. The molecule has 0 aromatic heterocycles. The summed E-state index contributed by atoms with van der Waals surface area (Å²) in [6.07, 6.45) is 0. The fourth-order valence-corrected chi connectivity index (χ4v) is 2.22. The van der Waals surface area contributed by atoms with Gasteiger partial charge in [-0.2, -0.15) is 0 Å². The number of hydrogen-bond acceptors (Lipinski definition) is 4. The van der Waals surface area contributed by atoms with Gasteiger partial charge in [0.2, 0.25) is 5.78 Å². The summed E-state index contributed by atoms with van der Waals surface area (Å²) in [5.41, 5.74) is 0.0268. The molecule has 0 bridgehead atoms. The molecule has 0 saturated heterocycles. The quantitative estimate of drug-likeness (QED) is 0.491. The molecular weight excluding hydrogens is 246 g/mol.